The van der Waals surface area contributed by atoms with Gasteiger partial charge in [0.15, 0.2) is 11.5 Å². The summed E-state index contributed by atoms with van der Waals surface area (Å²) in [4.78, 5) is 38.8. The Labute approximate surface area is 185 Å². The van der Waals surface area contributed by atoms with Crippen molar-refractivity contribution in [2.75, 3.05) is 12.0 Å². The number of imide groups is 2. The van der Waals surface area contributed by atoms with E-state index in [9.17, 15) is 14.4 Å². The number of hydrogen-bond acceptors (Lipinski definition) is 5. The number of para-hydroxylation sites is 1. The van der Waals surface area contributed by atoms with Crippen molar-refractivity contribution < 1.29 is 23.9 Å². The first kappa shape index (κ1) is 22.4. The van der Waals surface area contributed by atoms with Crippen LogP contribution in [0.4, 0.5) is 10.5 Å². The number of anilines is 1. The summed E-state index contributed by atoms with van der Waals surface area (Å²) in [6, 6.07) is 9.32. The minimum atomic E-state index is -0.797. The molecule has 0 spiro atoms. The molecule has 1 N–H and O–H groups in total. The highest BCUT2D eigenvalue weighted by Crippen LogP contribution is 2.38. The van der Waals surface area contributed by atoms with Crippen LogP contribution in [0.2, 0.25) is 5.02 Å². The molecular weight excluding hydrogens is 420 g/mol. The van der Waals surface area contributed by atoms with Crippen molar-refractivity contribution in [1.82, 2.24) is 5.32 Å². The Hall–Kier alpha value is -3.32. The number of ether oxygens (including phenoxy) is 2. The van der Waals surface area contributed by atoms with Crippen LogP contribution in [0.3, 0.4) is 0 Å². The van der Waals surface area contributed by atoms with Gasteiger partial charge in [-0.3, -0.25) is 14.9 Å². The maximum atomic E-state index is 13.1. The van der Waals surface area contributed by atoms with Crippen molar-refractivity contribution >= 4 is 41.2 Å². The normalized spacial score (nSPS) is 16.4. The molecule has 4 amide bonds. The van der Waals surface area contributed by atoms with Crippen molar-refractivity contribution in [3.63, 3.8) is 0 Å². The number of benzene rings is 2. The van der Waals surface area contributed by atoms with Crippen LogP contribution in [-0.2, 0) is 9.59 Å². The van der Waals surface area contributed by atoms with Gasteiger partial charge in [-0.25, -0.2) is 9.69 Å². The van der Waals surface area contributed by atoms with Crippen LogP contribution in [0.25, 0.3) is 6.08 Å². The minimum absolute atomic E-state index is 0.0741. The van der Waals surface area contributed by atoms with Crippen LogP contribution in [-0.4, -0.2) is 31.1 Å². The SMILES string of the molecule is CCC(C)Oc1c(Cl)cc(/C=C2\C(=O)NC(=O)N(c3ccccc3C)C2=O)cc1OC. The van der Waals surface area contributed by atoms with Crippen molar-refractivity contribution in [2.45, 2.75) is 33.3 Å². The van der Waals surface area contributed by atoms with E-state index in [0.29, 0.717) is 22.7 Å². The van der Waals surface area contributed by atoms with Crippen LogP contribution in [0.1, 0.15) is 31.4 Å². The summed E-state index contributed by atoms with van der Waals surface area (Å²) < 4.78 is 11.2. The lowest BCUT2D eigenvalue weighted by Gasteiger charge is -2.27. The molecule has 7 nitrogen and oxygen atoms in total. The van der Waals surface area contributed by atoms with E-state index in [1.54, 1.807) is 43.3 Å². The Morgan fingerprint density at radius 1 is 1.19 bits per heavy atom. The summed E-state index contributed by atoms with van der Waals surface area (Å²) in [5.74, 6) is -0.750. The van der Waals surface area contributed by atoms with Gasteiger partial charge in [-0.05, 0) is 55.7 Å². The third-order valence-corrected chi connectivity index (χ3v) is 5.20. The molecule has 0 bridgehead atoms. The largest absolute Gasteiger partial charge is 0.493 e. The van der Waals surface area contributed by atoms with E-state index in [-0.39, 0.29) is 16.7 Å². The highest BCUT2D eigenvalue weighted by molar-refractivity contribution is 6.39. The summed E-state index contributed by atoms with van der Waals surface area (Å²) in [5, 5.41) is 2.49. The molecule has 0 aromatic heterocycles. The number of nitrogens with one attached hydrogen (secondary N) is 1. The van der Waals surface area contributed by atoms with Crippen molar-refractivity contribution in [3.05, 3.63) is 58.1 Å². The Kier molecular flexibility index (Phi) is 6.65. The first-order valence-corrected chi connectivity index (χ1v) is 10.2. The van der Waals surface area contributed by atoms with Gasteiger partial charge in [-0.2, -0.15) is 0 Å². The number of urea groups is 1. The van der Waals surface area contributed by atoms with Crippen molar-refractivity contribution in [1.29, 1.82) is 0 Å². The number of amides is 4. The van der Waals surface area contributed by atoms with Crippen LogP contribution >= 0.6 is 11.6 Å². The maximum absolute atomic E-state index is 13.1. The molecule has 0 radical (unpaired) electrons. The topological polar surface area (TPSA) is 84.9 Å². The number of carbonyl (C=O) groups is 3. The fourth-order valence-corrected chi connectivity index (χ4v) is 3.34. The fourth-order valence-electron chi connectivity index (χ4n) is 3.08. The highest BCUT2D eigenvalue weighted by Gasteiger charge is 2.37. The molecule has 1 aliphatic rings. The number of methoxy groups -OCH3 is 1. The molecule has 1 fully saturated rings. The van der Waals surface area contributed by atoms with Crippen molar-refractivity contribution in [2.24, 2.45) is 0 Å². The molecule has 1 saturated heterocycles. The summed E-state index contributed by atoms with van der Waals surface area (Å²) in [6.45, 7) is 5.67. The molecule has 1 heterocycles. The van der Waals surface area contributed by atoms with Gasteiger partial charge in [0.2, 0.25) is 0 Å². The lowest BCUT2D eigenvalue weighted by Crippen LogP contribution is -2.54. The number of halogens is 1. The molecular formula is C23H23ClN2O5. The summed E-state index contributed by atoms with van der Waals surface area (Å²) in [5.41, 5.74) is 1.37. The first-order valence-electron chi connectivity index (χ1n) is 9.78. The molecule has 1 aliphatic heterocycles. The Balaban J connectivity index is 2.03. The van der Waals surface area contributed by atoms with Gasteiger partial charge >= 0.3 is 6.03 Å². The smallest absolute Gasteiger partial charge is 0.335 e. The number of nitrogens with zero attached hydrogens (tertiary/aromatic N) is 1. The number of hydrogen-bond donors (Lipinski definition) is 1. The third-order valence-electron chi connectivity index (χ3n) is 4.91. The third kappa shape index (κ3) is 4.56. The van der Waals surface area contributed by atoms with Crippen molar-refractivity contribution in [3.8, 4) is 11.5 Å². The molecule has 2 aromatic rings. The van der Waals surface area contributed by atoms with E-state index < -0.39 is 17.8 Å². The van der Waals surface area contributed by atoms with Gasteiger partial charge < -0.3 is 9.47 Å². The minimum Gasteiger partial charge on any atom is -0.493 e. The van der Waals surface area contributed by atoms with Gasteiger partial charge in [0.05, 0.1) is 23.9 Å². The molecule has 2 aromatic carbocycles. The predicted molar refractivity (Wildman–Crippen MR) is 119 cm³/mol. The molecule has 31 heavy (non-hydrogen) atoms. The van der Waals surface area contributed by atoms with Crippen LogP contribution < -0.4 is 19.7 Å². The lowest BCUT2D eigenvalue weighted by atomic mass is 10.1. The van der Waals surface area contributed by atoms with E-state index >= 15 is 0 Å². The summed E-state index contributed by atoms with van der Waals surface area (Å²) in [6.07, 6.45) is 2.08. The fraction of sp³-hybridized carbons (Fsp3) is 0.261. The molecule has 1 unspecified atom stereocenters. The zero-order chi connectivity index (χ0) is 22.7. The second kappa shape index (κ2) is 9.22. The molecule has 0 saturated carbocycles. The molecule has 0 aliphatic carbocycles. The quantitative estimate of drug-likeness (QED) is 0.526. The molecule has 8 heteroatoms. The molecule has 1 atom stereocenters. The average molecular weight is 443 g/mol. The zero-order valence-electron chi connectivity index (χ0n) is 17.7. The summed E-state index contributed by atoms with van der Waals surface area (Å²) >= 11 is 6.39. The number of aryl methyl sites for hydroxylation is 1. The van der Waals surface area contributed by atoms with E-state index in [1.807, 2.05) is 13.8 Å². The van der Waals surface area contributed by atoms with E-state index in [4.69, 9.17) is 21.1 Å². The number of carbonyl (C=O) groups excluding carboxylic acids is 3. The Morgan fingerprint density at radius 3 is 2.55 bits per heavy atom. The second-order valence-corrected chi connectivity index (χ2v) is 7.52. The van der Waals surface area contributed by atoms with Gasteiger partial charge in [0.1, 0.15) is 5.57 Å². The van der Waals surface area contributed by atoms with E-state index in [0.717, 1.165) is 16.9 Å². The molecule has 162 valence electrons. The van der Waals surface area contributed by atoms with Crippen LogP contribution in [0.15, 0.2) is 42.0 Å². The van der Waals surface area contributed by atoms with Crippen LogP contribution in [0, 0.1) is 6.92 Å². The number of barbiturate groups is 1. The standard InChI is InChI=1S/C23H23ClN2O5/c1-5-14(3)31-20-17(24)11-15(12-19(20)30-4)10-16-21(27)25-23(29)26(22(16)28)18-9-7-6-8-13(18)2/h6-12,14H,5H2,1-4H3,(H,25,27,29)/b16-10+. The highest BCUT2D eigenvalue weighted by atomic mass is 35.5. The van der Waals surface area contributed by atoms with Gasteiger partial charge in [-0.1, -0.05) is 36.7 Å². The van der Waals surface area contributed by atoms with Gasteiger partial charge in [-0.15, -0.1) is 0 Å². The summed E-state index contributed by atoms with van der Waals surface area (Å²) in [7, 11) is 1.48. The van der Waals surface area contributed by atoms with Crippen LogP contribution in [0.5, 0.6) is 11.5 Å². The maximum Gasteiger partial charge on any atom is 0.335 e. The monoisotopic (exact) mass is 442 g/mol. The van der Waals surface area contributed by atoms with Gasteiger partial charge in [0, 0.05) is 0 Å². The lowest BCUT2D eigenvalue weighted by molar-refractivity contribution is -0.122. The zero-order valence-corrected chi connectivity index (χ0v) is 18.4. The van der Waals surface area contributed by atoms with E-state index in [2.05, 4.69) is 5.32 Å². The average Bonchev–Trinajstić information content (AvgIpc) is 2.73. The first-order chi connectivity index (χ1) is 14.8. The Bertz CT molecular complexity index is 1080. The number of rotatable bonds is 6. The second-order valence-electron chi connectivity index (χ2n) is 7.12. The molecule has 3 rings (SSSR count). The predicted octanol–water partition coefficient (Wildman–Crippen LogP) is 4.50. The van der Waals surface area contributed by atoms with E-state index in [1.165, 1.54) is 13.2 Å². The van der Waals surface area contributed by atoms with Gasteiger partial charge in [0.25, 0.3) is 11.8 Å². The Morgan fingerprint density at radius 2 is 1.90 bits per heavy atom.